The van der Waals surface area contributed by atoms with Crippen LogP contribution in [0.5, 0.6) is 0 Å². The third-order valence-corrected chi connectivity index (χ3v) is 3.74. The predicted octanol–water partition coefficient (Wildman–Crippen LogP) is 1.54. The van der Waals surface area contributed by atoms with E-state index in [0.29, 0.717) is 12.0 Å². The van der Waals surface area contributed by atoms with Crippen molar-refractivity contribution in [1.82, 2.24) is 5.32 Å². The Bertz CT molecular complexity index is 165. The van der Waals surface area contributed by atoms with E-state index in [1.807, 2.05) is 0 Å². The molecule has 1 heterocycles. The summed E-state index contributed by atoms with van der Waals surface area (Å²) in [6.45, 7) is 3.47. The first-order chi connectivity index (χ1) is 6.27. The molecule has 13 heavy (non-hydrogen) atoms. The number of aliphatic hydroxyl groups excluding tert-OH is 1. The van der Waals surface area contributed by atoms with Crippen LogP contribution in [0.1, 0.15) is 39.0 Å². The first-order valence-corrected chi connectivity index (χ1v) is 5.69. The van der Waals surface area contributed by atoms with Crippen LogP contribution in [0.15, 0.2) is 0 Å². The molecule has 2 N–H and O–H groups in total. The smallest absolute Gasteiger partial charge is 0.0583 e. The van der Waals surface area contributed by atoms with Crippen molar-refractivity contribution < 1.29 is 5.11 Å². The topological polar surface area (TPSA) is 32.3 Å². The van der Waals surface area contributed by atoms with E-state index in [2.05, 4.69) is 12.2 Å². The van der Waals surface area contributed by atoms with Gasteiger partial charge < -0.3 is 10.4 Å². The van der Waals surface area contributed by atoms with Crippen molar-refractivity contribution in [3.8, 4) is 0 Å². The van der Waals surface area contributed by atoms with Gasteiger partial charge >= 0.3 is 0 Å². The van der Waals surface area contributed by atoms with E-state index in [9.17, 15) is 5.11 Å². The van der Waals surface area contributed by atoms with E-state index < -0.39 is 0 Å². The Morgan fingerprint density at radius 1 is 1.23 bits per heavy atom. The van der Waals surface area contributed by atoms with Gasteiger partial charge in [0, 0.05) is 12.0 Å². The molecule has 2 nitrogen and oxygen atoms in total. The SMILES string of the molecule is C[C@@H]1CC[C@@H](O)[C@H]([C@@H]2CCCN2)C1. The Morgan fingerprint density at radius 2 is 2.08 bits per heavy atom. The molecule has 1 saturated heterocycles. The molecule has 0 unspecified atom stereocenters. The molecule has 2 fully saturated rings. The maximum Gasteiger partial charge on any atom is 0.0583 e. The Balaban J connectivity index is 1.94. The van der Waals surface area contributed by atoms with Crippen LogP contribution in [0, 0.1) is 11.8 Å². The van der Waals surface area contributed by atoms with Gasteiger partial charge in [-0.25, -0.2) is 0 Å². The second kappa shape index (κ2) is 3.97. The highest BCUT2D eigenvalue weighted by atomic mass is 16.3. The minimum Gasteiger partial charge on any atom is -0.393 e. The summed E-state index contributed by atoms with van der Waals surface area (Å²) in [6, 6.07) is 0.609. The van der Waals surface area contributed by atoms with Crippen molar-refractivity contribution >= 4 is 0 Å². The summed E-state index contributed by atoms with van der Waals surface area (Å²) in [6.07, 6.45) is 5.98. The number of aliphatic hydroxyl groups is 1. The molecule has 76 valence electrons. The molecular weight excluding hydrogens is 162 g/mol. The Morgan fingerprint density at radius 3 is 2.77 bits per heavy atom. The lowest BCUT2D eigenvalue weighted by Gasteiger charge is -2.35. The largest absolute Gasteiger partial charge is 0.393 e. The highest BCUT2D eigenvalue weighted by molar-refractivity contribution is 4.89. The van der Waals surface area contributed by atoms with Gasteiger partial charge in [0.15, 0.2) is 0 Å². The number of rotatable bonds is 1. The molecule has 0 aromatic carbocycles. The fourth-order valence-electron chi connectivity index (χ4n) is 2.92. The van der Waals surface area contributed by atoms with Gasteiger partial charge in [-0.05, 0) is 44.6 Å². The zero-order valence-corrected chi connectivity index (χ0v) is 8.50. The molecule has 4 atom stereocenters. The maximum absolute atomic E-state index is 9.91. The van der Waals surface area contributed by atoms with E-state index in [4.69, 9.17) is 0 Å². The van der Waals surface area contributed by atoms with Crippen molar-refractivity contribution in [3.63, 3.8) is 0 Å². The van der Waals surface area contributed by atoms with Crippen LogP contribution in [-0.2, 0) is 0 Å². The molecule has 2 rings (SSSR count). The van der Waals surface area contributed by atoms with Gasteiger partial charge in [-0.3, -0.25) is 0 Å². The molecule has 1 saturated carbocycles. The molecule has 0 amide bonds. The van der Waals surface area contributed by atoms with Gasteiger partial charge in [0.1, 0.15) is 0 Å². The van der Waals surface area contributed by atoms with Crippen molar-refractivity contribution in [2.45, 2.75) is 51.2 Å². The summed E-state index contributed by atoms with van der Waals surface area (Å²) < 4.78 is 0. The molecule has 0 aromatic rings. The predicted molar refractivity (Wildman–Crippen MR) is 53.5 cm³/mol. The van der Waals surface area contributed by atoms with E-state index in [0.717, 1.165) is 18.9 Å². The molecule has 2 aliphatic rings. The third kappa shape index (κ3) is 2.05. The van der Waals surface area contributed by atoms with Gasteiger partial charge in [0.05, 0.1) is 6.10 Å². The number of nitrogens with one attached hydrogen (secondary N) is 1. The maximum atomic E-state index is 9.91. The summed E-state index contributed by atoms with van der Waals surface area (Å²) in [5.74, 6) is 1.35. The molecule has 0 radical (unpaired) electrons. The van der Waals surface area contributed by atoms with Gasteiger partial charge in [0.2, 0.25) is 0 Å². The average molecular weight is 183 g/mol. The monoisotopic (exact) mass is 183 g/mol. The fraction of sp³-hybridized carbons (Fsp3) is 1.00. The minimum atomic E-state index is -0.0354. The van der Waals surface area contributed by atoms with Crippen LogP contribution in [0.3, 0.4) is 0 Å². The number of hydrogen-bond acceptors (Lipinski definition) is 2. The van der Waals surface area contributed by atoms with E-state index in [-0.39, 0.29) is 6.10 Å². The average Bonchev–Trinajstić information content (AvgIpc) is 2.61. The first kappa shape index (κ1) is 9.47. The summed E-state index contributed by atoms with van der Waals surface area (Å²) in [5.41, 5.74) is 0. The summed E-state index contributed by atoms with van der Waals surface area (Å²) in [7, 11) is 0. The molecule has 1 aliphatic carbocycles. The highest BCUT2D eigenvalue weighted by Crippen LogP contribution is 2.33. The quantitative estimate of drug-likeness (QED) is 0.646. The van der Waals surface area contributed by atoms with Crippen molar-refractivity contribution in [2.24, 2.45) is 11.8 Å². The van der Waals surface area contributed by atoms with E-state index in [1.165, 1.54) is 25.7 Å². The minimum absolute atomic E-state index is 0.0354. The molecule has 2 heteroatoms. The zero-order chi connectivity index (χ0) is 9.26. The van der Waals surface area contributed by atoms with Crippen LogP contribution in [0.4, 0.5) is 0 Å². The summed E-state index contributed by atoms with van der Waals surface area (Å²) >= 11 is 0. The fourth-order valence-corrected chi connectivity index (χ4v) is 2.92. The normalized spacial score (nSPS) is 46.6. The molecule has 0 aromatic heterocycles. The van der Waals surface area contributed by atoms with E-state index in [1.54, 1.807) is 0 Å². The lowest BCUT2D eigenvalue weighted by atomic mass is 9.76. The van der Waals surface area contributed by atoms with Crippen LogP contribution >= 0.6 is 0 Å². The van der Waals surface area contributed by atoms with Gasteiger partial charge in [-0.2, -0.15) is 0 Å². The second-order valence-corrected chi connectivity index (χ2v) is 4.85. The molecule has 0 bridgehead atoms. The van der Waals surface area contributed by atoms with Crippen molar-refractivity contribution in [2.75, 3.05) is 6.54 Å². The van der Waals surface area contributed by atoms with Crippen LogP contribution in [0.2, 0.25) is 0 Å². The Kier molecular flexibility index (Phi) is 2.89. The molecular formula is C11H21NO. The van der Waals surface area contributed by atoms with E-state index >= 15 is 0 Å². The number of hydrogen-bond donors (Lipinski definition) is 2. The van der Waals surface area contributed by atoms with Crippen LogP contribution in [-0.4, -0.2) is 23.8 Å². The Hall–Kier alpha value is -0.0800. The molecule has 0 spiro atoms. The van der Waals surface area contributed by atoms with Crippen molar-refractivity contribution in [1.29, 1.82) is 0 Å². The lowest BCUT2D eigenvalue weighted by Crippen LogP contribution is -2.41. The first-order valence-electron chi connectivity index (χ1n) is 5.69. The van der Waals surface area contributed by atoms with Crippen LogP contribution in [0.25, 0.3) is 0 Å². The molecule has 1 aliphatic heterocycles. The standard InChI is InChI=1S/C11H21NO/c1-8-4-5-11(13)9(7-8)10-3-2-6-12-10/h8-13H,2-7H2,1H3/t8-,9+,10+,11-/m1/s1. The summed E-state index contributed by atoms with van der Waals surface area (Å²) in [5, 5.41) is 13.4. The highest BCUT2D eigenvalue weighted by Gasteiger charge is 2.34. The van der Waals surface area contributed by atoms with Crippen LogP contribution < -0.4 is 5.32 Å². The van der Waals surface area contributed by atoms with Crippen molar-refractivity contribution in [3.05, 3.63) is 0 Å². The second-order valence-electron chi connectivity index (χ2n) is 4.85. The van der Waals surface area contributed by atoms with Gasteiger partial charge in [-0.15, -0.1) is 0 Å². The van der Waals surface area contributed by atoms with Gasteiger partial charge in [-0.1, -0.05) is 6.92 Å². The summed E-state index contributed by atoms with van der Waals surface area (Å²) in [4.78, 5) is 0. The zero-order valence-electron chi connectivity index (χ0n) is 8.50. The Labute approximate surface area is 80.7 Å². The lowest BCUT2D eigenvalue weighted by molar-refractivity contribution is 0.0348. The van der Waals surface area contributed by atoms with Gasteiger partial charge in [0.25, 0.3) is 0 Å². The third-order valence-electron chi connectivity index (χ3n) is 3.74.